The highest BCUT2D eigenvalue weighted by atomic mass is 79.9. The van der Waals surface area contributed by atoms with Crippen LogP contribution in [0.4, 0.5) is 0 Å². The van der Waals surface area contributed by atoms with Crippen molar-refractivity contribution in [3.8, 4) is 0 Å². The molecule has 0 bridgehead atoms. The fourth-order valence-electron chi connectivity index (χ4n) is 2.62. The molecule has 0 saturated heterocycles. The molecule has 0 aliphatic rings. The largest absolute Gasteiger partial charge is 0.352 e. The Morgan fingerprint density at radius 3 is 2.55 bits per heavy atom. The van der Waals surface area contributed by atoms with Crippen LogP contribution in [0, 0.1) is 0 Å². The van der Waals surface area contributed by atoms with Gasteiger partial charge in [-0.3, -0.25) is 9.59 Å². The van der Waals surface area contributed by atoms with Crippen LogP contribution in [-0.4, -0.2) is 23.3 Å². The van der Waals surface area contributed by atoms with Gasteiger partial charge in [-0.1, -0.05) is 39.8 Å². The van der Waals surface area contributed by atoms with Crippen molar-refractivity contribution in [1.82, 2.24) is 15.6 Å². The van der Waals surface area contributed by atoms with Gasteiger partial charge in [0.25, 0.3) is 11.8 Å². The molecule has 5 nitrogen and oxygen atoms in total. The third-order valence-electron chi connectivity index (χ3n) is 4.02. The summed E-state index contributed by atoms with van der Waals surface area (Å²) in [7, 11) is 0. The topological polar surface area (TPSA) is 71.1 Å². The zero-order chi connectivity index (χ0) is 20.6. The Hall–Kier alpha value is -2.64. The van der Waals surface area contributed by atoms with Crippen molar-refractivity contribution in [3.63, 3.8) is 0 Å². The average molecular weight is 470 g/mol. The first kappa shape index (κ1) is 21.1. The molecular weight excluding hydrogens is 450 g/mol. The lowest BCUT2D eigenvalue weighted by Gasteiger charge is -2.10. The van der Waals surface area contributed by atoms with Gasteiger partial charge < -0.3 is 10.6 Å². The number of pyridine rings is 1. The molecule has 0 radical (unpaired) electrons. The summed E-state index contributed by atoms with van der Waals surface area (Å²) in [5, 5.41) is 6.33. The number of aromatic nitrogens is 1. The molecule has 0 saturated carbocycles. The molecule has 2 N–H and O–H groups in total. The van der Waals surface area contributed by atoms with E-state index in [9.17, 15) is 9.59 Å². The van der Waals surface area contributed by atoms with Crippen molar-refractivity contribution in [2.45, 2.75) is 23.4 Å². The van der Waals surface area contributed by atoms with Crippen LogP contribution < -0.4 is 10.6 Å². The quantitative estimate of drug-likeness (QED) is 0.527. The van der Waals surface area contributed by atoms with Crippen molar-refractivity contribution >= 4 is 39.5 Å². The number of rotatable bonds is 7. The van der Waals surface area contributed by atoms with Gasteiger partial charge in [-0.05, 0) is 61.0 Å². The Morgan fingerprint density at radius 1 is 1.00 bits per heavy atom. The summed E-state index contributed by atoms with van der Waals surface area (Å²) in [4.78, 5) is 30.1. The Bertz CT molecular complexity index is 1010. The van der Waals surface area contributed by atoms with Crippen LogP contribution in [0.1, 0.15) is 33.2 Å². The molecule has 0 atom stereocenters. The van der Waals surface area contributed by atoms with Gasteiger partial charge >= 0.3 is 0 Å². The Labute approximate surface area is 182 Å². The first-order valence-corrected chi connectivity index (χ1v) is 10.7. The Balaban J connectivity index is 1.69. The van der Waals surface area contributed by atoms with Crippen LogP contribution >= 0.6 is 27.7 Å². The average Bonchev–Trinajstić information content (AvgIpc) is 2.74. The van der Waals surface area contributed by atoms with Crippen LogP contribution in [0.15, 0.2) is 81.3 Å². The molecule has 0 aliphatic carbocycles. The van der Waals surface area contributed by atoms with E-state index in [4.69, 9.17) is 0 Å². The highest BCUT2D eigenvalue weighted by Gasteiger charge is 2.14. The molecule has 148 valence electrons. The third kappa shape index (κ3) is 5.92. The molecule has 3 rings (SSSR count). The van der Waals surface area contributed by atoms with Crippen LogP contribution in [-0.2, 0) is 6.54 Å². The van der Waals surface area contributed by atoms with Gasteiger partial charge in [-0.25, -0.2) is 4.98 Å². The summed E-state index contributed by atoms with van der Waals surface area (Å²) >= 11 is 4.86. The number of benzene rings is 2. The van der Waals surface area contributed by atoms with Gasteiger partial charge in [-0.2, -0.15) is 0 Å². The van der Waals surface area contributed by atoms with Crippen molar-refractivity contribution in [2.24, 2.45) is 0 Å². The number of carbonyl (C=O) groups is 2. The lowest BCUT2D eigenvalue weighted by atomic mass is 10.1. The van der Waals surface area contributed by atoms with Crippen LogP contribution in [0.2, 0.25) is 0 Å². The smallest absolute Gasteiger partial charge is 0.254 e. The maximum Gasteiger partial charge on any atom is 0.254 e. The molecule has 3 aromatic rings. The summed E-state index contributed by atoms with van der Waals surface area (Å²) in [5.41, 5.74) is 1.94. The van der Waals surface area contributed by atoms with Crippen LogP contribution in [0.25, 0.3) is 0 Å². The standard InChI is InChI=1S/C22H20BrN3O2S/c1-2-24-20(27)16-6-3-5-15(13-16)14-26-21(28)19-7-4-12-25-22(19)29-18-10-8-17(23)9-11-18/h3-13H,2,14H2,1H3,(H,24,27)(H,26,28). The van der Waals surface area contributed by atoms with E-state index < -0.39 is 0 Å². The van der Waals surface area contributed by atoms with Crippen molar-refractivity contribution in [1.29, 1.82) is 0 Å². The second-order valence-corrected chi connectivity index (χ2v) is 8.13. The summed E-state index contributed by atoms with van der Waals surface area (Å²) < 4.78 is 0.996. The van der Waals surface area contributed by atoms with E-state index >= 15 is 0 Å². The predicted molar refractivity (Wildman–Crippen MR) is 118 cm³/mol. The maximum absolute atomic E-state index is 12.8. The summed E-state index contributed by atoms with van der Waals surface area (Å²) in [6.45, 7) is 2.77. The summed E-state index contributed by atoms with van der Waals surface area (Å²) in [6.07, 6.45) is 1.67. The molecule has 0 unspecified atom stereocenters. The van der Waals surface area contributed by atoms with E-state index in [1.165, 1.54) is 11.8 Å². The summed E-state index contributed by atoms with van der Waals surface area (Å²) in [5.74, 6) is -0.331. The number of amides is 2. The Kier molecular flexibility index (Phi) is 7.43. The van der Waals surface area contributed by atoms with Crippen molar-refractivity contribution in [2.75, 3.05) is 6.54 Å². The maximum atomic E-state index is 12.8. The van der Waals surface area contributed by atoms with E-state index in [-0.39, 0.29) is 11.8 Å². The molecule has 1 aromatic heterocycles. The van der Waals surface area contributed by atoms with Gasteiger partial charge in [0, 0.05) is 34.2 Å². The first-order valence-electron chi connectivity index (χ1n) is 9.10. The molecular formula is C22H20BrN3O2S. The first-order chi connectivity index (χ1) is 14.1. The predicted octanol–water partition coefficient (Wildman–Crippen LogP) is 4.68. The van der Waals surface area contributed by atoms with Crippen molar-refractivity contribution < 1.29 is 9.59 Å². The van der Waals surface area contributed by atoms with Gasteiger partial charge in [0.15, 0.2) is 0 Å². The van der Waals surface area contributed by atoms with Crippen LogP contribution in [0.5, 0.6) is 0 Å². The minimum Gasteiger partial charge on any atom is -0.352 e. The highest BCUT2D eigenvalue weighted by molar-refractivity contribution is 9.10. The number of hydrogen-bond donors (Lipinski definition) is 2. The molecule has 29 heavy (non-hydrogen) atoms. The number of halogens is 1. The molecule has 7 heteroatoms. The highest BCUT2D eigenvalue weighted by Crippen LogP contribution is 2.29. The fourth-order valence-corrected chi connectivity index (χ4v) is 3.77. The SMILES string of the molecule is CCNC(=O)c1cccc(CNC(=O)c2cccnc2Sc2ccc(Br)cc2)c1. The number of nitrogens with zero attached hydrogens (tertiary/aromatic N) is 1. The number of carbonyl (C=O) groups excluding carboxylic acids is 2. The number of nitrogens with one attached hydrogen (secondary N) is 2. The van der Waals surface area contributed by atoms with Gasteiger partial charge in [0.1, 0.15) is 5.03 Å². The van der Waals surface area contributed by atoms with Gasteiger partial charge in [0.2, 0.25) is 0 Å². The second kappa shape index (κ2) is 10.2. The fraction of sp³-hybridized carbons (Fsp3) is 0.136. The normalized spacial score (nSPS) is 10.4. The zero-order valence-corrected chi connectivity index (χ0v) is 18.2. The van der Waals surface area contributed by atoms with E-state index in [1.54, 1.807) is 30.5 Å². The second-order valence-electron chi connectivity index (χ2n) is 6.15. The van der Waals surface area contributed by atoms with Gasteiger partial charge in [0.05, 0.1) is 5.56 Å². The van der Waals surface area contributed by atoms with Crippen LogP contribution in [0.3, 0.4) is 0 Å². The lowest BCUT2D eigenvalue weighted by molar-refractivity contribution is 0.0944. The molecule has 0 spiro atoms. The third-order valence-corrected chi connectivity index (χ3v) is 5.58. The minimum atomic E-state index is -0.207. The molecule has 0 fully saturated rings. The zero-order valence-electron chi connectivity index (χ0n) is 15.8. The van der Waals surface area contributed by atoms with Crippen molar-refractivity contribution in [3.05, 3.63) is 88.0 Å². The van der Waals surface area contributed by atoms with E-state index in [1.807, 2.05) is 43.3 Å². The molecule has 1 heterocycles. The van der Waals surface area contributed by atoms with Gasteiger partial charge in [-0.15, -0.1) is 0 Å². The van der Waals surface area contributed by atoms with E-state index in [0.717, 1.165) is 14.9 Å². The van der Waals surface area contributed by atoms with E-state index in [0.29, 0.717) is 29.2 Å². The number of hydrogen-bond acceptors (Lipinski definition) is 4. The minimum absolute atomic E-state index is 0.124. The van der Waals surface area contributed by atoms with E-state index in [2.05, 4.69) is 31.5 Å². The molecule has 2 amide bonds. The lowest BCUT2D eigenvalue weighted by Crippen LogP contribution is -2.25. The Morgan fingerprint density at radius 2 is 1.79 bits per heavy atom. The monoisotopic (exact) mass is 469 g/mol. The molecule has 2 aromatic carbocycles. The molecule has 0 aliphatic heterocycles. The summed E-state index contributed by atoms with van der Waals surface area (Å²) in [6, 6.07) is 18.6.